The van der Waals surface area contributed by atoms with E-state index in [9.17, 15) is 30.0 Å². The number of nitrogens with two attached hydrogens (primary N) is 3. The van der Waals surface area contributed by atoms with Crippen molar-refractivity contribution in [1.29, 1.82) is 0 Å². The number of rotatable bonds is 20. The molecule has 6 heterocycles. The van der Waals surface area contributed by atoms with Gasteiger partial charge in [0.25, 0.3) is 0 Å². The van der Waals surface area contributed by atoms with E-state index in [-0.39, 0.29) is 52.2 Å². The number of urea groups is 1. The Morgan fingerprint density at radius 1 is 0.795 bits per heavy atom. The number of amides is 3. The molecule has 0 aliphatic carbocycles. The van der Waals surface area contributed by atoms with Crippen molar-refractivity contribution in [3.63, 3.8) is 0 Å². The van der Waals surface area contributed by atoms with Crippen LogP contribution < -0.4 is 37.9 Å². The molecule has 7 atom stereocenters. The Morgan fingerprint density at radius 3 is 2.22 bits per heavy atom. The Kier molecular flexibility index (Phi) is 16.4. The van der Waals surface area contributed by atoms with Crippen molar-refractivity contribution in [2.45, 2.75) is 94.3 Å². The number of benzene rings is 3. The van der Waals surface area contributed by atoms with Crippen molar-refractivity contribution < 1.29 is 44.2 Å². The van der Waals surface area contributed by atoms with Crippen LogP contribution in [-0.2, 0) is 25.4 Å². The molecule has 0 spiro atoms. The van der Waals surface area contributed by atoms with Gasteiger partial charge in [-0.25, -0.2) is 34.7 Å². The van der Waals surface area contributed by atoms with Crippen molar-refractivity contribution in [2.75, 3.05) is 81.3 Å². The number of nitrogens with one attached hydrogen (secondary N) is 3. The van der Waals surface area contributed by atoms with Crippen LogP contribution in [0.5, 0.6) is 11.5 Å². The van der Waals surface area contributed by atoms with Gasteiger partial charge < -0.3 is 77.6 Å². The van der Waals surface area contributed by atoms with Crippen molar-refractivity contribution in [3.8, 4) is 22.9 Å². The van der Waals surface area contributed by atoms with Crippen LogP contribution in [0.3, 0.4) is 0 Å². The largest absolute Gasteiger partial charge is 0.455 e. The first-order valence-corrected chi connectivity index (χ1v) is 25.7. The van der Waals surface area contributed by atoms with Crippen LogP contribution in [0.15, 0.2) is 85.7 Å². The molecular formula is C53H68N16O9. The highest BCUT2D eigenvalue weighted by Crippen LogP contribution is 2.38. The molecule has 9 rings (SSSR count). The highest BCUT2D eigenvalue weighted by Gasteiger charge is 2.51. The van der Waals surface area contributed by atoms with Crippen LogP contribution in [0.2, 0.25) is 0 Å². The van der Waals surface area contributed by atoms with Crippen molar-refractivity contribution in [2.24, 2.45) is 0 Å². The summed E-state index contributed by atoms with van der Waals surface area (Å²) < 4.78 is 21.1. The zero-order valence-corrected chi connectivity index (χ0v) is 44.2. The van der Waals surface area contributed by atoms with E-state index >= 15 is 0 Å². The number of nitrogens with zero attached hydrogens (tertiary/aromatic N) is 10. The average Bonchev–Trinajstić information content (AvgIpc) is 4.28. The predicted molar refractivity (Wildman–Crippen MR) is 292 cm³/mol. The Bertz CT molecular complexity index is 3230. The number of carbonyl (C=O) groups is 2. The fourth-order valence-corrected chi connectivity index (χ4v) is 9.59. The van der Waals surface area contributed by atoms with Gasteiger partial charge in [0, 0.05) is 43.0 Å². The molecule has 25 nitrogen and oxygen atoms in total. The molecule has 0 radical (unpaired) electrons. The summed E-state index contributed by atoms with van der Waals surface area (Å²) in [5.74, 6) is 1.00. The Labute approximate surface area is 449 Å². The number of hydrogen-bond acceptors (Lipinski definition) is 20. The van der Waals surface area contributed by atoms with Crippen LogP contribution in [0.4, 0.5) is 33.5 Å². The summed E-state index contributed by atoms with van der Waals surface area (Å²) in [4.78, 5) is 55.3. The highest BCUT2D eigenvalue weighted by molar-refractivity contribution is 5.91. The van der Waals surface area contributed by atoms with E-state index in [0.717, 1.165) is 12.1 Å². The number of aliphatic hydroxyl groups excluding tert-OH is 3. The van der Waals surface area contributed by atoms with Crippen molar-refractivity contribution in [3.05, 3.63) is 91.3 Å². The number of aliphatic hydroxyl groups is 4. The third-order valence-electron chi connectivity index (χ3n) is 14.0. The molecule has 3 amide bonds. The van der Waals surface area contributed by atoms with Gasteiger partial charge in [0.2, 0.25) is 5.91 Å². The topological polar surface area (TPSA) is 351 Å². The summed E-state index contributed by atoms with van der Waals surface area (Å²) in [7, 11) is 3.75. The number of carbonyl (C=O) groups excluding carboxylic acids is 2. The number of aromatic nitrogens is 8. The van der Waals surface area contributed by atoms with Gasteiger partial charge in [0.05, 0.1) is 24.9 Å². The van der Waals surface area contributed by atoms with Gasteiger partial charge in [-0.05, 0) is 106 Å². The van der Waals surface area contributed by atoms with Gasteiger partial charge in [0.1, 0.15) is 53.6 Å². The van der Waals surface area contributed by atoms with E-state index in [1.807, 2.05) is 48.2 Å². The van der Waals surface area contributed by atoms with Crippen LogP contribution >= 0.6 is 0 Å². The molecule has 2 fully saturated rings. The molecule has 25 heteroatoms. The fraction of sp³-hybridized carbons (Fsp3) is 0.434. The fourth-order valence-electron chi connectivity index (χ4n) is 9.59. The number of unbranched alkanes of at least 4 members (excludes halogenated alkanes) is 1. The maximum absolute atomic E-state index is 12.8. The lowest BCUT2D eigenvalue weighted by Gasteiger charge is -2.29. The number of nitrogen functional groups attached to an aromatic ring is 3. The molecule has 2 aliphatic heterocycles. The minimum absolute atomic E-state index is 0.0227. The lowest BCUT2D eigenvalue weighted by Crippen LogP contribution is -2.48. The van der Waals surface area contributed by atoms with Gasteiger partial charge in [-0.3, -0.25) is 13.9 Å². The smallest absolute Gasteiger partial charge is 0.319 e. The normalized spacial score (nSPS) is 21.5. The van der Waals surface area contributed by atoms with Gasteiger partial charge in [-0.2, -0.15) is 0 Å². The van der Waals surface area contributed by atoms with Crippen molar-refractivity contribution in [1.82, 2.24) is 54.2 Å². The summed E-state index contributed by atoms with van der Waals surface area (Å²) in [6.45, 7) is 8.36. The number of imidazole rings is 2. The number of hydrogen-bond donors (Lipinski definition) is 10. The van der Waals surface area contributed by atoms with Crippen LogP contribution in [0.25, 0.3) is 33.7 Å². The van der Waals surface area contributed by atoms with Gasteiger partial charge in [-0.1, -0.05) is 39.0 Å². The van der Waals surface area contributed by atoms with E-state index in [0.29, 0.717) is 85.9 Å². The van der Waals surface area contributed by atoms with Gasteiger partial charge in [-0.15, -0.1) is 0 Å². The van der Waals surface area contributed by atoms with Crippen LogP contribution in [0, 0.1) is 0 Å². The molecule has 4 aromatic heterocycles. The number of likely N-dealkylation sites (N-methyl/N-ethyl adjacent to an activating group) is 2. The summed E-state index contributed by atoms with van der Waals surface area (Å²) in [6, 6.07) is 19.3. The second-order valence-electron chi connectivity index (χ2n) is 21.0. The highest BCUT2D eigenvalue weighted by atomic mass is 16.6. The van der Waals surface area contributed by atoms with E-state index < -0.39 is 48.5 Å². The predicted octanol–water partition coefficient (Wildman–Crippen LogP) is 3.38. The monoisotopic (exact) mass is 1070 g/mol. The molecule has 13 N–H and O–H groups in total. The maximum atomic E-state index is 12.8. The molecule has 7 aromatic rings. The quantitative estimate of drug-likeness (QED) is 0.0386. The second kappa shape index (κ2) is 23.1. The maximum Gasteiger partial charge on any atom is 0.319 e. The molecule has 414 valence electrons. The van der Waals surface area contributed by atoms with E-state index in [2.05, 4.69) is 61.6 Å². The Morgan fingerprint density at radius 2 is 1.47 bits per heavy atom. The zero-order valence-electron chi connectivity index (χ0n) is 44.2. The summed E-state index contributed by atoms with van der Waals surface area (Å²) in [5, 5.41) is 53.8. The third-order valence-corrected chi connectivity index (χ3v) is 14.0. The molecule has 0 bridgehead atoms. The SMILES string of the molecule is CN(CCCNC(=O)Nc1ccc(Oc2cccc(-c3nc(N)c4ncn(C5(O)COC(CN(C)CCCCC(=O)Nc6ccc(C(C)(C)C)cc6)C5O)c4n3)c2N)cc1)CC1OC(n2cnc3c(N)ncnc32)C(O)C1O. The second-order valence-corrected chi connectivity index (χ2v) is 21.0. The van der Waals surface area contributed by atoms with Gasteiger partial charge >= 0.3 is 6.03 Å². The number of para-hydroxylation sites is 1. The molecule has 2 saturated heterocycles. The standard InChI is InChI=1S/C53H68N16O9/c1-52(2,3)30-13-15-31(16-14-30)62-38(70)12-6-7-22-66(4)25-37-44(73)53(75,26-76-37)69-29-61-41-46(56)64-47(65-49(41)69)34-10-8-11-35(39(34)54)77-33-19-17-32(18-20-33)63-51(74)57-21-9-23-67(5)24-36-42(71)43(72)50(78-36)68-28-60-40-45(55)58-27-59-48(40)68/h8,10-11,13-20,27-29,36-37,42-44,50,71-73,75H,6-7,9,12,21-26,54H2,1-5H3,(H,62,70)(H2,55,58,59)(H2,56,64,65)(H2,57,63,74). The Hall–Kier alpha value is -7.62. The van der Waals surface area contributed by atoms with Gasteiger partial charge in [0.15, 0.2) is 46.5 Å². The lowest BCUT2D eigenvalue weighted by molar-refractivity contribution is -0.116. The molecule has 2 aliphatic rings. The van der Waals surface area contributed by atoms with E-state index in [1.165, 1.54) is 33.7 Å². The minimum Gasteiger partial charge on any atom is -0.455 e. The summed E-state index contributed by atoms with van der Waals surface area (Å²) in [5.41, 5.74) is 21.2. The minimum atomic E-state index is -1.95. The van der Waals surface area contributed by atoms with Crippen LogP contribution in [0.1, 0.15) is 58.2 Å². The van der Waals surface area contributed by atoms with Crippen molar-refractivity contribution >= 4 is 63.0 Å². The number of anilines is 5. The lowest BCUT2D eigenvalue weighted by atomic mass is 9.87. The first kappa shape index (κ1) is 55.1. The summed E-state index contributed by atoms with van der Waals surface area (Å²) >= 11 is 0. The van der Waals surface area contributed by atoms with E-state index in [4.69, 9.17) is 36.4 Å². The molecular weight excluding hydrogens is 1000 g/mol. The zero-order chi connectivity index (χ0) is 55.5. The Balaban J connectivity index is 0.732. The van der Waals surface area contributed by atoms with E-state index in [1.54, 1.807) is 42.5 Å². The molecule has 78 heavy (non-hydrogen) atoms. The first-order chi connectivity index (χ1) is 37.3. The third kappa shape index (κ3) is 12.1. The average molecular weight is 1070 g/mol. The first-order valence-electron chi connectivity index (χ1n) is 25.7. The molecule has 7 unspecified atom stereocenters. The molecule has 0 saturated carbocycles. The number of ether oxygens (including phenoxy) is 3. The van der Waals surface area contributed by atoms with Crippen LogP contribution in [-0.4, -0.2) is 165 Å². The number of fused-ring (bicyclic) bond motifs is 2. The molecule has 3 aromatic carbocycles. The summed E-state index contributed by atoms with van der Waals surface area (Å²) in [6.07, 6.45) is 0.305.